The van der Waals surface area contributed by atoms with Gasteiger partial charge in [0.2, 0.25) is 0 Å². The molecule has 1 rings (SSSR count). The first kappa shape index (κ1) is 14.9. The fraction of sp³-hybridized carbons (Fsp3) is 1.00. The lowest BCUT2D eigenvalue weighted by molar-refractivity contribution is 0.321. The Morgan fingerprint density at radius 1 is 1.41 bits per heavy atom. The Morgan fingerprint density at radius 3 is 2.47 bits per heavy atom. The Hall–Kier alpha value is -0.170. The molecule has 1 heterocycles. The molecule has 1 atom stereocenters. The quantitative estimate of drug-likeness (QED) is 0.767. The number of nitrogens with zero attached hydrogens (tertiary/aromatic N) is 1. The normalized spacial score (nSPS) is 22.3. The summed E-state index contributed by atoms with van der Waals surface area (Å²) in [5.74, 6) is 0. The third-order valence-corrected chi connectivity index (χ3v) is 4.60. The van der Waals surface area contributed by atoms with Gasteiger partial charge >= 0.3 is 0 Å². The van der Waals surface area contributed by atoms with Crippen LogP contribution in [0.25, 0.3) is 0 Å². The predicted molar refractivity (Wildman–Crippen MR) is 70.1 cm³/mol. The molecule has 1 unspecified atom stereocenters. The van der Waals surface area contributed by atoms with Gasteiger partial charge in [-0.15, -0.1) is 0 Å². The van der Waals surface area contributed by atoms with Crippen LogP contribution in [-0.2, 0) is 10.2 Å². The van der Waals surface area contributed by atoms with Gasteiger partial charge in [0.15, 0.2) is 0 Å². The van der Waals surface area contributed by atoms with E-state index in [9.17, 15) is 8.42 Å². The first-order valence-electron chi connectivity index (χ1n) is 6.28. The molecular formula is C11H25N3O2S. The van der Waals surface area contributed by atoms with E-state index in [2.05, 4.69) is 10.0 Å². The van der Waals surface area contributed by atoms with Crippen LogP contribution in [0.15, 0.2) is 0 Å². The first-order valence-corrected chi connectivity index (χ1v) is 7.72. The molecule has 0 saturated carbocycles. The fourth-order valence-electron chi connectivity index (χ4n) is 2.05. The zero-order valence-electron chi connectivity index (χ0n) is 11.3. The standard InChI is InChI=1S/C11H25N3O2S/c1-5-8-14(10-6-7-12-9-10)17(15,16)13-11(2,3)4/h10,12-13H,5-9H2,1-4H3. The summed E-state index contributed by atoms with van der Waals surface area (Å²) in [6.45, 7) is 9.82. The van der Waals surface area contributed by atoms with Gasteiger partial charge in [-0.1, -0.05) is 6.92 Å². The van der Waals surface area contributed by atoms with Crippen LogP contribution in [0, 0.1) is 0 Å². The van der Waals surface area contributed by atoms with Crippen molar-refractivity contribution in [2.24, 2.45) is 0 Å². The predicted octanol–water partition coefficient (Wildman–Crippen LogP) is 0.693. The average Bonchev–Trinajstić information content (AvgIpc) is 2.62. The molecule has 0 amide bonds. The van der Waals surface area contributed by atoms with E-state index in [0.717, 1.165) is 25.9 Å². The molecule has 0 aromatic rings. The summed E-state index contributed by atoms with van der Waals surface area (Å²) in [6.07, 6.45) is 1.73. The molecule has 1 aliphatic heterocycles. The lowest BCUT2D eigenvalue weighted by atomic mass is 10.1. The highest BCUT2D eigenvalue weighted by atomic mass is 32.2. The largest absolute Gasteiger partial charge is 0.315 e. The van der Waals surface area contributed by atoms with E-state index < -0.39 is 15.7 Å². The summed E-state index contributed by atoms with van der Waals surface area (Å²) >= 11 is 0. The minimum atomic E-state index is -3.38. The molecule has 0 spiro atoms. The van der Waals surface area contributed by atoms with Crippen molar-refractivity contribution in [3.8, 4) is 0 Å². The van der Waals surface area contributed by atoms with Gasteiger partial charge in [0.05, 0.1) is 0 Å². The maximum atomic E-state index is 12.3. The molecule has 17 heavy (non-hydrogen) atoms. The molecule has 1 fully saturated rings. The highest BCUT2D eigenvalue weighted by Crippen LogP contribution is 2.15. The van der Waals surface area contributed by atoms with E-state index in [1.165, 1.54) is 0 Å². The highest BCUT2D eigenvalue weighted by molar-refractivity contribution is 7.87. The van der Waals surface area contributed by atoms with Gasteiger partial charge in [0.25, 0.3) is 10.2 Å². The third kappa shape index (κ3) is 4.54. The molecule has 6 heteroatoms. The monoisotopic (exact) mass is 263 g/mol. The van der Waals surface area contributed by atoms with Crippen LogP contribution in [0.5, 0.6) is 0 Å². The maximum absolute atomic E-state index is 12.3. The second-order valence-electron chi connectivity index (χ2n) is 5.61. The molecule has 0 aromatic heterocycles. The van der Waals surface area contributed by atoms with Crippen LogP contribution in [-0.4, -0.2) is 43.9 Å². The van der Waals surface area contributed by atoms with E-state index in [1.54, 1.807) is 4.31 Å². The molecule has 2 N–H and O–H groups in total. The van der Waals surface area contributed by atoms with Gasteiger partial charge < -0.3 is 5.32 Å². The van der Waals surface area contributed by atoms with Gasteiger partial charge in [0, 0.05) is 24.7 Å². The lowest BCUT2D eigenvalue weighted by Crippen LogP contribution is -2.52. The Morgan fingerprint density at radius 2 is 2.06 bits per heavy atom. The summed E-state index contributed by atoms with van der Waals surface area (Å²) in [5, 5.41) is 3.21. The van der Waals surface area contributed by atoms with Crippen LogP contribution in [0.2, 0.25) is 0 Å². The van der Waals surface area contributed by atoms with Crippen molar-refractivity contribution in [2.45, 2.75) is 52.1 Å². The van der Waals surface area contributed by atoms with Gasteiger partial charge in [-0.2, -0.15) is 17.4 Å². The van der Waals surface area contributed by atoms with Crippen molar-refractivity contribution in [1.82, 2.24) is 14.3 Å². The summed E-state index contributed by atoms with van der Waals surface area (Å²) in [4.78, 5) is 0. The van der Waals surface area contributed by atoms with Crippen LogP contribution in [0.3, 0.4) is 0 Å². The number of nitrogens with one attached hydrogen (secondary N) is 2. The number of rotatable bonds is 5. The van der Waals surface area contributed by atoms with Gasteiger partial charge in [-0.05, 0) is 40.2 Å². The Bertz CT molecular complexity index is 329. The van der Waals surface area contributed by atoms with E-state index in [4.69, 9.17) is 0 Å². The molecule has 5 nitrogen and oxygen atoms in total. The third-order valence-electron chi connectivity index (χ3n) is 2.63. The van der Waals surface area contributed by atoms with Crippen molar-refractivity contribution >= 4 is 10.2 Å². The highest BCUT2D eigenvalue weighted by Gasteiger charge is 2.33. The van der Waals surface area contributed by atoms with E-state index in [-0.39, 0.29) is 6.04 Å². The minimum Gasteiger partial charge on any atom is -0.315 e. The summed E-state index contributed by atoms with van der Waals surface area (Å²) in [7, 11) is -3.38. The Kier molecular flexibility index (Phi) is 4.95. The number of hydrogen-bond acceptors (Lipinski definition) is 3. The molecule has 0 radical (unpaired) electrons. The summed E-state index contributed by atoms with van der Waals surface area (Å²) in [5.41, 5.74) is -0.434. The lowest BCUT2D eigenvalue weighted by Gasteiger charge is -2.31. The fourth-order valence-corrected chi connectivity index (χ4v) is 3.94. The maximum Gasteiger partial charge on any atom is 0.280 e. The smallest absolute Gasteiger partial charge is 0.280 e. The van der Waals surface area contributed by atoms with Crippen LogP contribution < -0.4 is 10.0 Å². The summed E-state index contributed by atoms with van der Waals surface area (Å²) in [6, 6.07) is 0.0924. The molecule has 0 bridgehead atoms. The molecule has 0 aliphatic carbocycles. The minimum absolute atomic E-state index is 0.0924. The zero-order chi connectivity index (χ0) is 13.1. The molecule has 1 aliphatic rings. The average molecular weight is 263 g/mol. The molecule has 1 saturated heterocycles. The van der Waals surface area contributed by atoms with Gasteiger partial charge in [-0.25, -0.2) is 0 Å². The van der Waals surface area contributed by atoms with Crippen molar-refractivity contribution in [2.75, 3.05) is 19.6 Å². The SMILES string of the molecule is CCCN(C1CCNC1)S(=O)(=O)NC(C)(C)C. The van der Waals surface area contributed by atoms with E-state index in [0.29, 0.717) is 6.54 Å². The molecule has 102 valence electrons. The van der Waals surface area contributed by atoms with Gasteiger partial charge in [0.1, 0.15) is 0 Å². The molecule has 0 aromatic carbocycles. The van der Waals surface area contributed by atoms with Crippen LogP contribution in [0.1, 0.15) is 40.5 Å². The molecular weight excluding hydrogens is 238 g/mol. The second-order valence-corrected chi connectivity index (χ2v) is 7.24. The Balaban J connectivity index is 2.81. The second kappa shape index (κ2) is 5.65. The Labute approximate surface area is 105 Å². The van der Waals surface area contributed by atoms with E-state index >= 15 is 0 Å². The van der Waals surface area contributed by atoms with Crippen molar-refractivity contribution in [3.05, 3.63) is 0 Å². The van der Waals surface area contributed by atoms with Crippen LogP contribution in [0.4, 0.5) is 0 Å². The van der Waals surface area contributed by atoms with Crippen LogP contribution >= 0.6 is 0 Å². The number of hydrogen-bond donors (Lipinski definition) is 2. The zero-order valence-corrected chi connectivity index (χ0v) is 12.1. The van der Waals surface area contributed by atoms with Crippen molar-refractivity contribution < 1.29 is 8.42 Å². The summed E-state index contributed by atoms with van der Waals surface area (Å²) < 4.78 is 29.0. The van der Waals surface area contributed by atoms with Gasteiger partial charge in [-0.3, -0.25) is 0 Å². The van der Waals surface area contributed by atoms with E-state index in [1.807, 2.05) is 27.7 Å². The van der Waals surface area contributed by atoms with Crippen molar-refractivity contribution in [3.63, 3.8) is 0 Å². The topological polar surface area (TPSA) is 61.4 Å². The first-order chi connectivity index (χ1) is 7.76. The van der Waals surface area contributed by atoms with Crippen molar-refractivity contribution in [1.29, 1.82) is 0 Å².